The van der Waals surface area contributed by atoms with E-state index in [1.54, 1.807) is 13.8 Å². The lowest BCUT2D eigenvalue weighted by atomic mass is 10.0. The Labute approximate surface area is 112 Å². The molecule has 0 fully saturated rings. The van der Waals surface area contributed by atoms with Gasteiger partial charge in [-0.3, -0.25) is 0 Å². The van der Waals surface area contributed by atoms with Gasteiger partial charge in [-0.1, -0.05) is 0 Å². The third-order valence-electron chi connectivity index (χ3n) is 2.68. The van der Waals surface area contributed by atoms with Crippen LogP contribution in [-0.4, -0.2) is 25.7 Å². The maximum Gasteiger partial charge on any atom is 0.244 e. The third kappa shape index (κ3) is 3.89. The molecule has 4 N–H and O–H groups in total. The van der Waals surface area contributed by atoms with Gasteiger partial charge >= 0.3 is 0 Å². The minimum Gasteiger partial charge on any atom is -0.399 e. The summed E-state index contributed by atoms with van der Waals surface area (Å²) >= 11 is 0. The van der Waals surface area contributed by atoms with Crippen LogP contribution in [0.2, 0.25) is 0 Å². The molecule has 19 heavy (non-hydrogen) atoms. The van der Waals surface area contributed by atoms with Crippen molar-refractivity contribution < 1.29 is 17.9 Å². The van der Waals surface area contributed by atoms with Crippen LogP contribution in [-0.2, 0) is 10.0 Å². The first kappa shape index (κ1) is 15.9. The number of anilines is 1. The molecule has 108 valence electrons. The zero-order valence-corrected chi connectivity index (χ0v) is 12.0. The fourth-order valence-electron chi connectivity index (χ4n) is 1.71. The van der Waals surface area contributed by atoms with E-state index in [-0.39, 0.29) is 24.3 Å². The Morgan fingerprint density at radius 2 is 2.00 bits per heavy atom. The third-order valence-corrected chi connectivity index (χ3v) is 4.38. The molecule has 0 aromatic heterocycles. The van der Waals surface area contributed by atoms with Crippen LogP contribution >= 0.6 is 0 Å². The van der Waals surface area contributed by atoms with Crippen molar-refractivity contribution in [2.75, 3.05) is 12.3 Å². The number of rotatable bonds is 5. The second-order valence-corrected chi connectivity index (χ2v) is 6.76. The molecule has 0 radical (unpaired) electrons. The van der Waals surface area contributed by atoms with E-state index in [0.29, 0.717) is 0 Å². The number of nitrogens with two attached hydrogens (primary N) is 1. The van der Waals surface area contributed by atoms with Crippen molar-refractivity contribution >= 4 is 15.7 Å². The van der Waals surface area contributed by atoms with E-state index in [2.05, 4.69) is 4.72 Å². The number of nitrogen functional groups attached to an aromatic ring is 1. The van der Waals surface area contributed by atoms with Crippen molar-refractivity contribution in [1.82, 2.24) is 4.72 Å². The zero-order chi connectivity index (χ0) is 14.8. The Bertz CT molecular complexity index is 571. The molecule has 0 saturated carbocycles. The fourth-order valence-corrected chi connectivity index (χ4v) is 3.34. The van der Waals surface area contributed by atoms with Crippen LogP contribution in [0.15, 0.2) is 17.0 Å². The lowest BCUT2D eigenvalue weighted by molar-refractivity contribution is 0.245. The number of aliphatic hydroxyl groups excluding tert-OH is 1. The Hall–Kier alpha value is -1.18. The van der Waals surface area contributed by atoms with Crippen LogP contribution in [0.4, 0.5) is 10.1 Å². The lowest BCUT2D eigenvalue weighted by Gasteiger charge is -2.25. The highest BCUT2D eigenvalue weighted by Crippen LogP contribution is 2.23. The number of aryl methyl sites for hydroxylation is 1. The van der Waals surface area contributed by atoms with Crippen LogP contribution in [0.25, 0.3) is 0 Å². The van der Waals surface area contributed by atoms with Gasteiger partial charge in [0.15, 0.2) is 0 Å². The van der Waals surface area contributed by atoms with Gasteiger partial charge in [-0.25, -0.2) is 17.5 Å². The molecule has 5 nitrogen and oxygen atoms in total. The van der Waals surface area contributed by atoms with E-state index < -0.39 is 26.3 Å². The van der Waals surface area contributed by atoms with Gasteiger partial charge in [0.05, 0.1) is 0 Å². The quantitative estimate of drug-likeness (QED) is 0.709. The highest BCUT2D eigenvalue weighted by Gasteiger charge is 2.28. The van der Waals surface area contributed by atoms with Gasteiger partial charge in [0.1, 0.15) is 10.7 Å². The summed E-state index contributed by atoms with van der Waals surface area (Å²) in [4.78, 5) is -0.476. The van der Waals surface area contributed by atoms with Crippen molar-refractivity contribution in [3.8, 4) is 0 Å². The van der Waals surface area contributed by atoms with E-state index >= 15 is 0 Å². The number of aliphatic hydroxyl groups is 1. The molecule has 0 spiro atoms. The largest absolute Gasteiger partial charge is 0.399 e. The summed E-state index contributed by atoms with van der Waals surface area (Å²) < 4.78 is 40.6. The second-order valence-electron chi connectivity index (χ2n) is 5.11. The first-order chi connectivity index (χ1) is 8.59. The van der Waals surface area contributed by atoms with Gasteiger partial charge in [-0.2, -0.15) is 0 Å². The normalized spacial score (nSPS) is 12.7. The highest BCUT2D eigenvalue weighted by atomic mass is 32.2. The molecule has 0 bridgehead atoms. The lowest BCUT2D eigenvalue weighted by Crippen LogP contribution is -2.44. The molecule has 0 unspecified atom stereocenters. The molecule has 1 aromatic rings. The molecule has 7 heteroatoms. The van der Waals surface area contributed by atoms with E-state index in [0.717, 1.165) is 6.07 Å². The maximum absolute atomic E-state index is 13.9. The summed E-state index contributed by atoms with van der Waals surface area (Å²) in [6.07, 6.45) is 0.217. The molecule has 0 aliphatic heterocycles. The fraction of sp³-hybridized carbons (Fsp3) is 0.500. The molecule has 0 aliphatic carbocycles. The van der Waals surface area contributed by atoms with E-state index in [1.165, 1.54) is 13.0 Å². The van der Waals surface area contributed by atoms with Gasteiger partial charge in [-0.15, -0.1) is 0 Å². The van der Waals surface area contributed by atoms with Gasteiger partial charge in [0.2, 0.25) is 10.0 Å². The van der Waals surface area contributed by atoms with Gasteiger partial charge in [0, 0.05) is 17.8 Å². The topological polar surface area (TPSA) is 92.4 Å². The Morgan fingerprint density at radius 3 is 2.53 bits per heavy atom. The summed E-state index contributed by atoms with van der Waals surface area (Å²) in [5.41, 5.74) is 5.02. The standard InChI is InChI=1S/C12H19FN2O3S/c1-8-6-9(14)7-10(11(8)13)19(17,18)15-12(2,3)4-5-16/h6-7,15-16H,4-5,14H2,1-3H3. The predicted octanol–water partition coefficient (Wildman–Crippen LogP) is 1.16. The molecule has 0 heterocycles. The number of hydrogen-bond donors (Lipinski definition) is 3. The molecule has 0 amide bonds. The van der Waals surface area contributed by atoms with Crippen LogP contribution in [0.3, 0.4) is 0 Å². The average Bonchev–Trinajstić information content (AvgIpc) is 2.21. The summed E-state index contributed by atoms with van der Waals surface area (Å²) in [6.45, 7) is 4.49. The summed E-state index contributed by atoms with van der Waals surface area (Å²) in [5.74, 6) is -0.818. The monoisotopic (exact) mass is 290 g/mol. The Kier molecular flexibility index (Phi) is 4.54. The smallest absolute Gasteiger partial charge is 0.244 e. The number of benzene rings is 1. The van der Waals surface area contributed by atoms with Crippen molar-refractivity contribution in [1.29, 1.82) is 0 Å². The Morgan fingerprint density at radius 1 is 1.42 bits per heavy atom. The molecule has 0 saturated heterocycles. The predicted molar refractivity (Wildman–Crippen MR) is 71.7 cm³/mol. The first-order valence-corrected chi connectivity index (χ1v) is 7.28. The highest BCUT2D eigenvalue weighted by molar-refractivity contribution is 7.89. The van der Waals surface area contributed by atoms with Crippen LogP contribution in [0, 0.1) is 12.7 Å². The van der Waals surface area contributed by atoms with Gasteiger partial charge in [-0.05, 0) is 44.9 Å². The second kappa shape index (κ2) is 5.44. The number of nitrogens with one attached hydrogen (secondary N) is 1. The van der Waals surface area contributed by atoms with Crippen LogP contribution in [0.1, 0.15) is 25.8 Å². The van der Waals surface area contributed by atoms with Gasteiger partial charge < -0.3 is 10.8 Å². The summed E-state index contributed by atoms with van der Waals surface area (Å²) in [7, 11) is -4.03. The van der Waals surface area contributed by atoms with E-state index in [4.69, 9.17) is 10.8 Å². The van der Waals surface area contributed by atoms with Crippen molar-refractivity contribution in [3.63, 3.8) is 0 Å². The van der Waals surface area contributed by atoms with E-state index in [1.807, 2.05) is 0 Å². The molecular formula is C12H19FN2O3S. The average molecular weight is 290 g/mol. The molecular weight excluding hydrogens is 271 g/mol. The minimum absolute atomic E-state index is 0.167. The first-order valence-electron chi connectivity index (χ1n) is 5.79. The van der Waals surface area contributed by atoms with E-state index in [9.17, 15) is 12.8 Å². The SMILES string of the molecule is Cc1cc(N)cc(S(=O)(=O)NC(C)(C)CCO)c1F. The summed E-state index contributed by atoms with van der Waals surface area (Å²) in [6, 6.07) is 2.45. The van der Waals surface area contributed by atoms with Crippen LogP contribution in [0.5, 0.6) is 0 Å². The maximum atomic E-state index is 13.9. The van der Waals surface area contributed by atoms with Crippen molar-refractivity contribution in [2.24, 2.45) is 0 Å². The zero-order valence-electron chi connectivity index (χ0n) is 11.2. The van der Waals surface area contributed by atoms with Crippen molar-refractivity contribution in [3.05, 3.63) is 23.5 Å². The van der Waals surface area contributed by atoms with Gasteiger partial charge in [0.25, 0.3) is 0 Å². The number of hydrogen-bond acceptors (Lipinski definition) is 4. The number of sulfonamides is 1. The van der Waals surface area contributed by atoms with Crippen molar-refractivity contribution in [2.45, 2.75) is 37.6 Å². The number of halogens is 1. The molecule has 0 atom stereocenters. The van der Waals surface area contributed by atoms with Crippen LogP contribution < -0.4 is 10.5 Å². The molecule has 1 aromatic carbocycles. The molecule has 1 rings (SSSR count). The minimum atomic E-state index is -4.03. The Balaban J connectivity index is 3.22. The molecule has 0 aliphatic rings. The summed E-state index contributed by atoms with van der Waals surface area (Å²) in [5, 5.41) is 8.88.